The first-order valence-corrected chi connectivity index (χ1v) is 6.90. The molecule has 0 aliphatic heterocycles. The number of rotatable bonds is 4. The fourth-order valence-electron chi connectivity index (χ4n) is 2.45. The van der Waals surface area contributed by atoms with Gasteiger partial charge in [-0.25, -0.2) is 0 Å². The van der Waals surface area contributed by atoms with Crippen molar-refractivity contribution in [1.29, 1.82) is 0 Å². The fraction of sp³-hybridized carbons (Fsp3) is 0.643. The summed E-state index contributed by atoms with van der Waals surface area (Å²) < 4.78 is 5.83. The third kappa shape index (κ3) is 3.59. The second-order valence-corrected chi connectivity index (χ2v) is 6.04. The molecule has 2 rings (SSSR count). The van der Waals surface area contributed by atoms with E-state index in [1.165, 1.54) is 12.1 Å². The van der Waals surface area contributed by atoms with Gasteiger partial charge in [0, 0.05) is 7.05 Å². The Kier molecular flexibility index (Phi) is 4.11. The number of anilines is 1. The lowest BCUT2D eigenvalue weighted by atomic mass is 9.76. The minimum absolute atomic E-state index is 0.00418. The van der Waals surface area contributed by atoms with E-state index in [-0.39, 0.29) is 11.8 Å². The van der Waals surface area contributed by atoms with E-state index in [0.717, 1.165) is 25.7 Å². The highest BCUT2D eigenvalue weighted by atomic mass is 16.6. The molecule has 0 spiro atoms. The molecule has 0 amide bonds. The van der Waals surface area contributed by atoms with Gasteiger partial charge in [-0.1, -0.05) is 13.8 Å². The number of nitrogens with zero attached hydrogens (tertiary/aromatic N) is 2. The number of nitro groups is 1. The van der Waals surface area contributed by atoms with Crippen molar-refractivity contribution in [2.24, 2.45) is 5.41 Å². The Morgan fingerprint density at radius 1 is 1.40 bits per heavy atom. The van der Waals surface area contributed by atoms with Crippen molar-refractivity contribution in [1.82, 2.24) is 4.98 Å². The van der Waals surface area contributed by atoms with Gasteiger partial charge in [-0.15, -0.1) is 0 Å². The maximum Gasteiger partial charge on any atom is 0.278 e. The molecule has 1 aromatic heterocycles. The highest BCUT2D eigenvalue weighted by Gasteiger charge is 2.28. The minimum Gasteiger partial charge on any atom is -0.474 e. The quantitative estimate of drug-likeness (QED) is 0.675. The van der Waals surface area contributed by atoms with Crippen LogP contribution in [0.4, 0.5) is 11.5 Å². The van der Waals surface area contributed by atoms with Gasteiger partial charge < -0.3 is 10.1 Å². The number of ether oxygens (including phenoxy) is 1. The van der Waals surface area contributed by atoms with Crippen LogP contribution in [0.2, 0.25) is 0 Å². The van der Waals surface area contributed by atoms with Crippen LogP contribution in [0, 0.1) is 15.5 Å². The van der Waals surface area contributed by atoms with Crippen LogP contribution in [0.15, 0.2) is 12.1 Å². The van der Waals surface area contributed by atoms with E-state index in [4.69, 9.17) is 4.74 Å². The van der Waals surface area contributed by atoms with Crippen LogP contribution >= 0.6 is 0 Å². The lowest BCUT2D eigenvalue weighted by Gasteiger charge is -2.34. The van der Waals surface area contributed by atoms with Crippen molar-refractivity contribution in [2.45, 2.75) is 45.6 Å². The summed E-state index contributed by atoms with van der Waals surface area (Å²) in [5.74, 6) is 0.776. The summed E-state index contributed by atoms with van der Waals surface area (Å²) in [6.07, 6.45) is 4.23. The Balaban J connectivity index is 2.09. The molecule has 0 atom stereocenters. The van der Waals surface area contributed by atoms with Gasteiger partial charge >= 0.3 is 0 Å². The van der Waals surface area contributed by atoms with Crippen LogP contribution < -0.4 is 10.1 Å². The van der Waals surface area contributed by atoms with Gasteiger partial charge in [0.05, 0.1) is 17.1 Å². The topological polar surface area (TPSA) is 77.3 Å². The molecule has 0 unspecified atom stereocenters. The number of pyridine rings is 1. The highest BCUT2D eigenvalue weighted by molar-refractivity contribution is 5.47. The summed E-state index contributed by atoms with van der Waals surface area (Å²) in [6, 6.07) is 2.79. The van der Waals surface area contributed by atoms with E-state index >= 15 is 0 Å². The Morgan fingerprint density at radius 3 is 2.60 bits per heavy atom. The Hall–Kier alpha value is -1.85. The summed E-state index contributed by atoms with van der Waals surface area (Å²) in [5, 5.41) is 13.7. The van der Waals surface area contributed by atoms with Crippen molar-refractivity contribution in [2.75, 3.05) is 12.4 Å². The number of nitrogens with one attached hydrogen (secondary N) is 1. The monoisotopic (exact) mass is 279 g/mol. The molecule has 1 aliphatic carbocycles. The molecule has 1 saturated carbocycles. The number of hydrogen-bond acceptors (Lipinski definition) is 5. The van der Waals surface area contributed by atoms with Crippen LogP contribution in [0.5, 0.6) is 5.88 Å². The van der Waals surface area contributed by atoms with E-state index in [0.29, 0.717) is 17.1 Å². The average Bonchev–Trinajstić information content (AvgIpc) is 2.41. The second-order valence-electron chi connectivity index (χ2n) is 6.04. The van der Waals surface area contributed by atoms with E-state index < -0.39 is 4.92 Å². The molecule has 20 heavy (non-hydrogen) atoms. The first kappa shape index (κ1) is 14.6. The Labute approximate surface area is 118 Å². The number of aromatic nitrogens is 1. The molecule has 110 valence electrons. The van der Waals surface area contributed by atoms with Crippen molar-refractivity contribution >= 4 is 11.5 Å². The highest BCUT2D eigenvalue weighted by Crippen LogP contribution is 2.36. The van der Waals surface area contributed by atoms with Gasteiger partial charge in [-0.2, -0.15) is 4.98 Å². The summed E-state index contributed by atoms with van der Waals surface area (Å²) in [4.78, 5) is 14.7. The maximum absolute atomic E-state index is 10.9. The van der Waals surface area contributed by atoms with Crippen molar-refractivity contribution in [3.63, 3.8) is 0 Å². The largest absolute Gasteiger partial charge is 0.474 e. The van der Waals surface area contributed by atoms with Crippen LogP contribution in [-0.4, -0.2) is 23.1 Å². The van der Waals surface area contributed by atoms with Gasteiger partial charge in [0.1, 0.15) is 11.9 Å². The van der Waals surface area contributed by atoms with Gasteiger partial charge in [0.15, 0.2) is 0 Å². The standard InChI is InChI=1S/C14H21N3O3/c1-14(2)6-4-11(5-7-14)20-13-9-10(17(18)19)8-12(15-3)16-13/h8-9,11H,4-7H2,1-3H3,(H,15,16). The smallest absolute Gasteiger partial charge is 0.278 e. The Morgan fingerprint density at radius 2 is 2.05 bits per heavy atom. The van der Waals surface area contributed by atoms with Gasteiger partial charge in [-0.3, -0.25) is 10.1 Å². The van der Waals surface area contributed by atoms with E-state index in [2.05, 4.69) is 24.1 Å². The van der Waals surface area contributed by atoms with Crippen molar-refractivity contribution in [3.8, 4) is 5.88 Å². The molecular formula is C14H21N3O3. The van der Waals surface area contributed by atoms with Crippen LogP contribution in [-0.2, 0) is 0 Å². The molecule has 6 heteroatoms. The van der Waals surface area contributed by atoms with Gasteiger partial charge in [0.2, 0.25) is 5.88 Å². The zero-order valence-corrected chi connectivity index (χ0v) is 12.2. The van der Waals surface area contributed by atoms with Gasteiger partial charge in [-0.05, 0) is 31.1 Å². The third-order valence-corrected chi connectivity index (χ3v) is 3.83. The molecule has 0 bridgehead atoms. The average molecular weight is 279 g/mol. The maximum atomic E-state index is 10.9. The zero-order valence-electron chi connectivity index (χ0n) is 12.2. The normalized spacial score (nSPS) is 18.6. The molecule has 1 heterocycles. The predicted octanol–water partition coefficient (Wildman–Crippen LogP) is 3.38. The minimum atomic E-state index is -0.431. The molecule has 6 nitrogen and oxygen atoms in total. The van der Waals surface area contributed by atoms with Crippen molar-refractivity contribution in [3.05, 3.63) is 22.2 Å². The lowest BCUT2D eigenvalue weighted by Crippen LogP contribution is -2.28. The first-order chi connectivity index (χ1) is 9.39. The molecule has 1 aromatic rings. The second kappa shape index (κ2) is 5.64. The van der Waals surface area contributed by atoms with E-state index in [9.17, 15) is 10.1 Å². The Bertz CT molecular complexity index is 492. The van der Waals surface area contributed by atoms with Crippen LogP contribution in [0.25, 0.3) is 0 Å². The van der Waals surface area contributed by atoms with E-state index in [1.54, 1.807) is 7.05 Å². The fourth-order valence-corrected chi connectivity index (χ4v) is 2.45. The molecule has 0 saturated heterocycles. The molecule has 1 aliphatic rings. The van der Waals surface area contributed by atoms with Crippen LogP contribution in [0.1, 0.15) is 39.5 Å². The summed E-state index contributed by atoms with van der Waals surface area (Å²) in [6.45, 7) is 4.52. The van der Waals surface area contributed by atoms with Crippen LogP contribution in [0.3, 0.4) is 0 Å². The molecule has 0 radical (unpaired) electrons. The summed E-state index contributed by atoms with van der Waals surface area (Å²) in [7, 11) is 1.68. The number of hydrogen-bond donors (Lipinski definition) is 1. The molecular weight excluding hydrogens is 258 g/mol. The summed E-state index contributed by atoms with van der Waals surface area (Å²) in [5.41, 5.74) is 0.363. The molecule has 0 aromatic carbocycles. The lowest BCUT2D eigenvalue weighted by molar-refractivity contribution is -0.384. The first-order valence-electron chi connectivity index (χ1n) is 6.90. The molecule has 1 fully saturated rings. The third-order valence-electron chi connectivity index (χ3n) is 3.83. The van der Waals surface area contributed by atoms with Crippen molar-refractivity contribution < 1.29 is 9.66 Å². The van der Waals surface area contributed by atoms with E-state index in [1.807, 2.05) is 0 Å². The zero-order chi connectivity index (χ0) is 14.8. The predicted molar refractivity (Wildman–Crippen MR) is 77.1 cm³/mol. The molecule has 1 N–H and O–H groups in total. The SMILES string of the molecule is CNc1cc([N+](=O)[O-])cc(OC2CCC(C)(C)CC2)n1. The van der Waals surface area contributed by atoms with Gasteiger partial charge in [0.25, 0.3) is 5.69 Å². The summed E-state index contributed by atoms with van der Waals surface area (Å²) >= 11 is 0.